The molecule has 0 bridgehead atoms. The first-order chi connectivity index (χ1) is 5.34. The van der Waals surface area contributed by atoms with E-state index in [1.165, 1.54) is 0 Å². The Morgan fingerprint density at radius 3 is 1.92 bits per heavy atom. The van der Waals surface area contributed by atoms with E-state index in [1.807, 2.05) is 0 Å². The molecule has 0 heterocycles. The highest BCUT2D eigenvalue weighted by Gasteiger charge is 2.23. The molecule has 2 nitrogen and oxygen atoms in total. The van der Waals surface area contributed by atoms with Crippen LogP contribution in [-0.2, 0) is 0 Å². The van der Waals surface area contributed by atoms with Crippen molar-refractivity contribution in [1.82, 2.24) is 0 Å². The van der Waals surface area contributed by atoms with E-state index in [4.69, 9.17) is 5.11 Å². The minimum absolute atomic E-state index is 0.115. The predicted molar refractivity (Wildman–Crippen MR) is 54.9 cm³/mol. The molecule has 0 rings (SSSR count). The second kappa shape index (κ2) is 4.99. The number of aliphatic hydroxyl groups excluding tert-OH is 2. The van der Waals surface area contributed by atoms with E-state index in [0.717, 1.165) is 19.3 Å². The Labute approximate surface area is 76.6 Å². The van der Waals surface area contributed by atoms with Crippen LogP contribution >= 0.6 is 0 Å². The Hall–Kier alpha value is 0.137. The van der Waals surface area contributed by atoms with Crippen LogP contribution in [-0.4, -0.2) is 30.1 Å². The fourth-order valence-electron chi connectivity index (χ4n) is 1.04. The molecule has 0 spiro atoms. The molecule has 0 aromatic carbocycles. The van der Waals surface area contributed by atoms with E-state index in [0.29, 0.717) is 0 Å². The zero-order chi connectivity index (χ0) is 9.78. The van der Waals surface area contributed by atoms with Gasteiger partial charge in [0, 0.05) is 5.73 Å². The predicted octanol–water partition coefficient (Wildman–Crippen LogP) is 1.78. The van der Waals surface area contributed by atoms with Gasteiger partial charge in [0.2, 0.25) is 0 Å². The molecule has 2 unspecified atom stereocenters. The van der Waals surface area contributed by atoms with Gasteiger partial charge in [0.25, 0.3) is 0 Å². The SMILES string of the molecule is CC(O)CCCC(O)[Si](C)(C)C. The second-order valence-electron chi connectivity index (χ2n) is 4.66. The molecular weight excluding hydrogens is 168 g/mol. The number of hydrogen-bond donors (Lipinski definition) is 2. The second-order valence-corrected chi connectivity index (χ2v) is 10.1. The van der Waals surface area contributed by atoms with Crippen molar-refractivity contribution < 1.29 is 10.2 Å². The van der Waals surface area contributed by atoms with E-state index in [9.17, 15) is 5.11 Å². The summed E-state index contributed by atoms with van der Waals surface area (Å²) in [6.45, 7) is 8.29. The van der Waals surface area contributed by atoms with E-state index < -0.39 is 8.07 Å². The van der Waals surface area contributed by atoms with Crippen LogP contribution in [0.1, 0.15) is 26.2 Å². The molecule has 0 saturated carbocycles. The van der Waals surface area contributed by atoms with Crippen molar-refractivity contribution in [3.63, 3.8) is 0 Å². The van der Waals surface area contributed by atoms with Crippen LogP contribution in [0.2, 0.25) is 19.6 Å². The molecule has 0 fully saturated rings. The van der Waals surface area contributed by atoms with Gasteiger partial charge in [-0.3, -0.25) is 0 Å². The Balaban J connectivity index is 3.51. The smallest absolute Gasteiger partial charge is 0.0781 e. The first-order valence-corrected chi connectivity index (χ1v) is 8.28. The van der Waals surface area contributed by atoms with E-state index in [1.54, 1.807) is 6.92 Å². The molecule has 0 saturated heterocycles. The molecule has 0 aliphatic heterocycles. The first-order valence-electron chi connectivity index (χ1n) is 4.70. The molecule has 0 aromatic heterocycles. The minimum atomic E-state index is -1.36. The fraction of sp³-hybridized carbons (Fsp3) is 1.00. The summed E-state index contributed by atoms with van der Waals surface area (Å²) in [6.07, 6.45) is 2.37. The molecule has 3 heteroatoms. The molecule has 12 heavy (non-hydrogen) atoms. The normalized spacial score (nSPS) is 17.5. The third kappa shape index (κ3) is 5.74. The van der Waals surface area contributed by atoms with Gasteiger partial charge in [0.05, 0.1) is 14.2 Å². The highest BCUT2D eigenvalue weighted by Crippen LogP contribution is 2.14. The topological polar surface area (TPSA) is 40.5 Å². The monoisotopic (exact) mass is 190 g/mol. The molecule has 0 radical (unpaired) electrons. The zero-order valence-electron chi connectivity index (χ0n) is 8.67. The van der Waals surface area contributed by atoms with Crippen LogP contribution in [0.4, 0.5) is 0 Å². The summed E-state index contributed by atoms with van der Waals surface area (Å²) >= 11 is 0. The van der Waals surface area contributed by atoms with Crippen LogP contribution in [0.3, 0.4) is 0 Å². The van der Waals surface area contributed by atoms with Crippen molar-refractivity contribution in [2.45, 2.75) is 57.7 Å². The van der Waals surface area contributed by atoms with Gasteiger partial charge >= 0.3 is 0 Å². The van der Waals surface area contributed by atoms with Gasteiger partial charge in [-0.25, -0.2) is 0 Å². The van der Waals surface area contributed by atoms with Gasteiger partial charge in [-0.05, 0) is 26.2 Å². The summed E-state index contributed by atoms with van der Waals surface area (Å²) in [6, 6.07) is 0. The quantitative estimate of drug-likeness (QED) is 0.649. The highest BCUT2D eigenvalue weighted by atomic mass is 28.3. The van der Waals surface area contributed by atoms with Crippen LogP contribution in [0.5, 0.6) is 0 Å². The molecule has 0 amide bonds. The van der Waals surface area contributed by atoms with Crippen molar-refractivity contribution in [2.24, 2.45) is 0 Å². The summed E-state index contributed by atoms with van der Waals surface area (Å²) in [5.74, 6) is 0. The first kappa shape index (κ1) is 12.1. The lowest BCUT2D eigenvalue weighted by molar-refractivity contribution is 0.169. The zero-order valence-corrected chi connectivity index (χ0v) is 9.67. The number of rotatable bonds is 5. The van der Waals surface area contributed by atoms with Gasteiger partial charge in [-0.15, -0.1) is 0 Å². The van der Waals surface area contributed by atoms with Crippen molar-refractivity contribution in [2.75, 3.05) is 0 Å². The average Bonchev–Trinajstić information content (AvgIpc) is 1.84. The molecule has 0 aliphatic rings. The standard InChI is InChI=1S/C9H22O2Si/c1-8(10)6-5-7-9(11)12(2,3)4/h8-11H,5-7H2,1-4H3. The summed E-state index contributed by atoms with van der Waals surface area (Å²) in [4.78, 5) is 0. The maximum atomic E-state index is 9.68. The van der Waals surface area contributed by atoms with Crippen molar-refractivity contribution in [3.05, 3.63) is 0 Å². The summed E-state index contributed by atoms with van der Waals surface area (Å²) in [7, 11) is -1.36. The Morgan fingerprint density at radius 1 is 1.08 bits per heavy atom. The maximum absolute atomic E-state index is 9.68. The van der Waals surface area contributed by atoms with E-state index in [2.05, 4.69) is 19.6 Å². The van der Waals surface area contributed by atoms with Crippen molar-refractivity contribution in [1.29, 1.82) is 0 Å². The number of aliphatic hydroxyl groups is 2. The van der Waals surface area contributed by atoms with Gasteiger partial charge in [0.15, 0.2) is 0 Å². The van der Waals surface area contributed by atoms with E-state index >= 15 is 0 Å². The van der Waals surface area contributed by atoms with Gasteiger partial charge in [0.1, 0.15) is 0 Å². The average molecular weight is 190 g/mol. The molecular formula is C9H22O2Si. The Kier molecular flexibility index (Phi) is 5.05. The molecule has 0 aromatic rings. The molecule has 0 aliphatic carbocycles. The largest absolute Gasteiger partial charge is 0.397 e. The molecule has 2 N–H and O–H groups in total. The van der Waals surface area contributed by atoms with Crippen LogP contribution in [0.25, 0.3) is 0 Å². The van der Waals surface area contributed by atoms with Gasteiger partial charge < -0.3 is 10.2 Å². The highest BCUT2D eigenvalue weighted by molar-refractivity contribution is 6.77. The Bertz CT molecular complexity index is 118. The lowest BCUT2D eigenvalue weighted by atomic mass is 10.2. The third-order valence-electron chi connectivity index (χ3n) is 2.10. The van der Waals surface area contributed by atoms with Gasteiger partial charge in [-0.1, -0.05) is 19.6 Å². The van der Waals surface area contributed by atoms with Crippen LogP contribution < -0.4 is 0 Å². The summed E-state index contributed by atoms with van der Waals surface area (Å²) in [5, 5.41) is 18.7. The van der Waals surface area contributed by atoms with Crippen molar-refractivity contribution >= 4 is 8.07 Å². The lowest BCUT2D eigenvalue weighted by Gasteiger charge is -2.23. The summed E-state index contributed by atoms with van der Waals surface area (Å²) in [5.41, 5.74) is -0.115. The Morgan fingerprint density at radius 2 is 1.58 bits per heavy atom. The fourth-order valence-corrected chi connectivity index (χ4v) is 2.11. The van der Waals surface area contributed by atoms with Crippen LogP contribution in [0.15, 0.2) is 0 Å². The molecule has 2 atom stereocenters. The van der Waals surface area contributed by atoms with E-state index in [-0.39, 0.29) is 11.8 Å². The number of hydrogen-bond acceptors (Lipinski definition) is 2. The van der Waals surface area contributed by atoms with Crippen LogP contribution in [0, 0.1) is 0 Å². The van der Waals surface area contributed by atoms with Gasteiger partial charge in [-0.2, -0.15) is 0 Å². The maximum Gasteiger partial charge on any atom is 0.0781 e. The molecule has 74 valence electrons. The third-order valence-corrected chi connectivity index (χ3v) is 4.39. The lowest BCUT2D eigenvalue weighted by Crippen LogP contribution is -2.38. The van der Waals surface area contributed by atoms with Crippen molar-refractivity contribution in [3.8, 4) is 0 Å². The summed E-state index contributed by atoms with van der Waals surface area (Å²) < 4.78 is 0. The minimum Gasteiger partial charge on any atom is -0.397 e.